The van der Waals surface area contributed by atoms with Crippen LogP contribution in [0.1, 0.15) is 13.3 Å². The van der Waals surface area contributed by atoms with E-state index in [0.29, 0.717) is 6.61 Å². The zero-order valence-corrected chi connectivity index (χ0v) is 8.83. The van der Waals surface area contributed by atoms with Gasteiger partial charge in [0.1, 0.15) is 0 Å². The van der Waals surface area contributed by atoms with Gasteiger partial charge < -0.3 is 10.1 Å². The van der Waals surface area contributed by atoms with Gasteiger partial charge in [0.05, 0.1) is 12.7 Å². The summed E-state index contributed by atoms with van der Waals surface area (Å²) >= 11 is 0. The van der Waals surface area contributed by atoms with E-state index in [1.807, 2.05) is 0 Å². The Morgan fingerprint density at radius 3 is 3.14 bits per heavy atom. The van der Waals surface area contributed by atoms with Gasteiger partial charge in [-0.2, -0.15) is 5.26 Å². The van der Waals surface area contributed by atoms with E-state index in [1.165, 1.54) is 6.42 Å². The van der Waals surface area contributed by atoms with E-state index in [-0.39, 0.29) is 6.10 Å². The molecule has 0 aromatic heterocycles. The van der Waals surface area contributed by atoms with Crippen LogP contribution >= 0.6 is 0 Å². The summed E-state index contributed by atoms with van der Waals surface area (Å²) in [5.41, 5.74) is 0. The van der Waals surface area contributed by atoms with Crippen molar-refractivity contribution in [1.82, 2.24) is 10.2 Å². The quantitative estimate of drug-likeness (QED) is 0.640. The van der Waals surface area contributed by atoms with Gasteiger partial charge in [-0.05, 0) is 13.0 Å². The molecule has 4 heteroatoms. The molecule has 4 nitrogen and oxygen atoms in total. The maximum Gasteiger partial charge on any atom is 0.156 e. The summed E-state index contributed by atoms with van der Waals surface area (Å²) in [4.78, 5) is 2.28. The molecule has 1 aliphatic rings. The highest BCUT2D eigenvalue weighted by Gasteiger charge is 2.18. The number of hydrogen-bond acceptors (Lipinski definition) is 4. The van der Waals surface area contributed by atoms with Crippen LogP contribution in [0.2, 0.25) is 0 Å². The van der Waals surface area contributed by atoms with Crippen molar-refractivity contribution in [2.45, 2.75) is 19.4 Å². The zero-order valence-electron chi connectivity index (χ0n) is 8.83. The van der Waals surface area contributed by atoms with Crippen molar-refractivity contribution < 1.29 is 4.74 Å². The first-order valence-corrected chi connectivity index (χ1v) is 5.31. The fourth-order valence-corrected chi connectivity index (χ4v) is 1.52. The predicted molar refractivity (Wildman–Crippen MR) is 55.0 cm³/mol. The third-order valence-corrected chi connectivity index (χ3v) is 2.33. The molecule has 0 radical (unpaired) electrons. The molecule has 1 saturated heterocycles. The molecule has 0 saturated carbocycles. The number of nitriles is 1. The molecule has 1 N–H and O–H groups in total. The summed E-state index contributed by atoms with van der Waals surface area (Å²) in [6, 6.07) is 2.15. The second kappa shape index (κ2) is 6.77. The number of rotatable bonds is 5. The molecule has 0 amide bonds. The van der Waals surface area contributed by atoms with E-state index in [0.717, 1.165) is 32.7 Å². The lowest BCUT2D eigenvalue weighted by Gasteiger charge is -2.29. The minimum absolute atomic E-state index is 0.227. The summed E-state index contributed by atoms with van der Waals surface area (Å²) in [7, 11) is 0. The minimum atomic E-state index is -0.227. The predicted octanol–water partition coefficient (Wildman–Crippen LogP) is 0.210. The average molecular weight is 197 g/mol. The van der Waals surface area contributed by atoms with Gasteiger partial charge in [0.15, 0.2) is 6.10 Å². The lowest BCUT2D eigenvalue weighted by Crippen LogP contribution is -2.44. The largest absolute Gasteiger partial charge is 0.361 e. The topological polar surface area (TPSA) is 48.3 Å². The summed E-state index contributed by atoms with van der Waals surface area (Å²) in [5.74, 6) is 0. The maximum atomic E-state index is 8.70. The first kappa shape index (κ1) is 11.4. The fourth-order valence-electron chi connectivity index (χ4n) is 1.52. The molecule has 80 valence electrons. The molecule has 14 heavy (non-hydrogen) atoms. The van der Waals surface area contributed by atoms with Crippen molar-refractivity contribution in [1.29, 1.82) is 5.26 Å². The van der Waals surface area contributed by atoms with Crippen LogP contribution in [0.5, 0.6) is 0 Å². The summed E-state index contributed by atoms with van der Waals surface area (Å²) in [6.45, 7) is 7.65. The first-order valence-electron chi connectivity index (χ1n) is 5.31. The highest BCUT2D eigenvalue weighted by atomic mass is 16.5. The third kappa shape index (κ3) is 4.05. The van der Waals surface area contributed by atoms with Crippen LogP contribution in [0.4, 0.5) is 0 Å². The van der Waals surface area contributed by atoms with Crippen molar-refractivity contribution in [3.63, 3.8) is 0 Å². The molecule has 1 aliphatic heterocycles. The van der Waals surface area contributed by atoms with Crippen LogP contribution in [-0.4, -0.2) is 50.3 Å². The molecule has 1 rings (SSSR count). The van der Waals surface area contributed by atoms with Crippen molar-refractivity contribution >= 4 is 0 Å². The minimum Gasteiger partial charge on any atom is -0.361 e. The average Bonchev–Trinajstić information content (AvgIpc) is 2.25. The first-order chi connectivity index (χ1) is 6.86. The smallest absolute Gasteiger partial charge is 0.156 e. The van der Waals surface area contributed by atoms with Crippen LogP contribution in [0.3, 0.4) is 0 Å². The van der Waals surface area contributed by atoms with Crippen LogP contribution in [0.25, 0.3) is 0 Å². The highest BCUT2D eigenvalue weighted by Crippen LogP contribution is 2.02. The highest BCUT2D eigenvalue weighted by molar-refractivity contribution is 4.89. The Morgan fingerprint density at radius 1 is 1.57 bits per heavy atom. The molecule has 0 aliphatic carbocycles. The van der Waals surface area contributed by atoms with Gasteiger partial charge in [-0.1, -0.05) is 6.92 Å². The van der Waals surface area contributed by atoms with Crippen LogP contribution in [-0.2, 0) is 4.74 Å². The molecule has 1 heterocycles. The molecule has 0 aromatic rings. The zero-order chi connectivity index (χ0) is 10.2. The SMILES string of the molecule is CCCNCCN1CCOC(C#N)C1. The van der Waals surface area contributed by atoms with Gasteiger partial charge >= 0.3 is 0 Å². The molecule has 0 aromatic carbocycles. The normalized spacial score (nSPS) is 23.3. The van der Waals surface area contributed by atoms with Crippen molar-refractivity contribution in [2.24, 2.45) is 0 Å². The Kier molecular flexibility index (Phi) is 5.53. The summed E-state index contributed by atoms with van der Waals surface area (Å²) in [5, 5.41) is 12.1. The standard InChI is InChI=1S/C10H19N3O/c1-2-3-12-4-5-13-6-7-14-10(8-11)9-13/h10,12H,2-7,9H2,1H3. The van der Waals surface area contributed by atoms with E-state index in [2.05, 4.69) is 23.2 Å². The monoisotopic (exact) mass is 197 g/mol. The van der Waals surface area contributed by atoms with Gasteiger partial charge in [-0.3, -0.25) is 4.90 Å². The van der Waals surface area contributed by atoms with E-state index in [1.54, 1.807) is 0 Å². The molecule has 0 spiro atoms. The molecule has 0 bridgehead atoms. The summed E-state index contributed by atoms with van der Waals surface area (Å²) < 4.78 is 5.26. The Balaban J connectivity index is 2.09. The molecular formula is C10H19N3O. The van der Waals surface area contributed by atoms with Crippen molar-refractivity contribution in [3.05, 3.63) is 0 Å². The van der Waals surface area contributed by atoms with Gasteiger partial charge in [0.25, 0.3) is 0 Å². The fraction of sp³-hybridized carbons (Fsp3) is 0.900. The lowest BCUT2D eigenvalue weighted by molar-refractivity contribution is 0.00113. The molecule has 1 unspecified atom stereocenters. The number of hydrogen-bond donors (Lipinski definition) is 1. The Morgan fingerprint density at radius 2 is 2.43 bits per heavy atom. The van der Waals surface area contributed by atoms with Crippen LogP contribution < -0.4 is 5.32 Å². The van der Waals surface area contributed by atoms with E-state index in [4.69, 9.17) is 10.00 Å². The Bertz CT molecular complexity index is 190. The van der Waals surface area contributed by atoms with E-state index >= 15 is 0 Å². The molecule has 1 fully saturated rings. The van der Waals surface area contributed by atoms with Gasteiger partial charge in [0, 0.05) is 26.2 Å². The van der Waals surface area contributed by atoms with Crippen molar-refractivity contribution in [2.75, 3.05) is 39.3 Å². The number of nitrogens with one attached hydrogen (secondary N) is 1. The third-order valence-electron chi connectivity index (χ3n) is 2.33. The summed E-state index contributed by atoms with van der Waals surface area (Å²) in [6.07, 6.45) is 0.944. The van der Waals surface area contributed by atoms with E-state index < -0.39 is 0 Å². The number of ether oxygens (including phenoxy) is 1. The van der Waals surface area contributed by atoms with Gasteiger partial charge in [-0.15, -0.1) is 0 Å². The Labute approximate surface area is 85.8 Å². The van der Waals surface area contributed by atoms with E-state index in [9.17, 15) is 0 Å². The van der Waals surface area contributed by atoms with Crippen molar-refractivity contribution in [3.8, 4) is 6.07 Å². The lowest BCUT2D eigenvalue weighted by atomic mass is 10.3. The number of nitrogens with zero attached hydrogens (tertiary/aromatic N) is 2. The Hall–Kier alpha value is -0.630. The maximum absolute atomic E-state index is 8.70. The van der Waals surface area contributed by atoms with Crippen LogP contribution in [0.15, 0.2) is 0 Å². The van der Waals surface area contributed by atoms with Gasteiger partial charge in [0.2, 0.25) is 0 Å². The second-order valence-electron chi connectivity index (χ2n) is 3.54. The molecular weight excluding hydrogens is 178 g/mol. The number of morpholine rings is 1. The van der Waals surface area contributed by atoms with Crippen LogP contribution in [0, 0.1) is 11.3 Å². The van der Waals surface area contributed by atoms with Gasteiger partial charge in [-0.25, -0.2) is 0 Å². The molecule has 1 atom stereocenters. The second-order valence-corrected chi connectivity index (χ2v) is 3.54.